The maximum Gasteiger partial charge on any atom is 0.0922 e. The Bertz CT molecular complexity index is 289. The minimum absolute atomic E-state index is 0.111. The first kappa shape index (κ1) is 12.7. The molecule has 3 heteroatoms. The quantitative estimate of drug-likeness (QED) is 0.585. The molecule has 0 N–H and O–H groups in total. The maximum absolute atomic E-state index is 5.70. The topological polar surface area (TPSA) is 18.5 Å². The van der Waals surface area contributed by atoms with Crippen LogP contribution in [-0.4, -0.2) is 25.7 Å². The fourth-order valence-corrected chi connectivity index (χ4v) is 1.93. The Morgan fingerprint density at radius 3 is 2.73 bits per heavy atom. The van der Waals surface area contributed by atoms with Gasteiger partial charge in [-0.15, -0.1) is 0 Å². The highest BCUT2D eigenvalue weighted by Crippen LogP contribution is 2.20. The third-order valence-corrected chi connectivity index (χ3v) is 2.75. The van der Waals surface area contributed by atoms with Crippen LogP contribution < -0.4 is 0 Å². The van der Waals surface area contributed by atoms with E-state index in [9.17, 15) is 0 Å². The van der Waals surface area contributed by atoms with Crippen molar-refractivity contribution < 1.29 is 9.47 Å². The van der Waals surface area contributed by atoms with Gasteiger partial charge in [0.15, 0.2) is 0 Å². The highest BCUT2D eigenvalue weighted by molar-refractivity contribution is 9.09. The smallest absolute Gasteiger partial charge is 0.0922 e. The fourth-order valence-electron chi connectivity index (χ4n) is 1.37. The van der Waals surface area contributed by atoms with Crippen LogP contribution in [0.4, 0.5) is 0 Å². The van der Waals surface area contributed by atoms with E-state index in [1.54, 1.807) is 7.11 Å². The Balaban J connectivity index is 2.57. The predicted octanol–water partition coefficient (Wildman–Crippen LogP) is 3.09. The van der Waals surface area contributed by atoms with Crippen LogP contribution >= 0.6 is 15.9 Å². The summed E-state index contributed by atoms with van der Waals surface area (Å²) in [6, 6.07) is 8.38. The van der Waals surface area contributed by atoms with E-state index in [4.69, 9.17) is 9.47 Å². The van der Waals surface area contributed by atoms with Gasteiger partial charge >= 0.3 is 0 Å². The minimum Gasteiger partial charge on any atom is -0.382 e. The molecule has 0 amide bonds. The molecule has 1 unspecified atom stereocenters. The summed E-state index contributed by atoms with van der Waals surface area (Å²) in [4.78, 5) is 0. The number of hydrogen-bond donors (Lipinski definition) is 0. The number of rotatable bonds is 6. The van der Waals surface area contributed by atoms with E-state index in [0.29, 0.717) is 13.2 Å². The number of ether oxygens (including phenoxy) is 2. The summed E-state index contributed by atoms with van der Waals surface area (Å²) in [5, 5.41) is 0.806. The lowest BCUT2D eigenvalue weighted by atomic mass is 10.1. The SMILES string of the molecule is COCCOC(CBr)c1cccc(C)c1. The van der Waals surface area contributed by atoms with Crippen molar-refractivity contribution in [2.45, 2.75) is 13.0 Å². The summed E-state index contributed by atoms with van der Waals surface area (Å²) < 4.78 is 10.7. The van der Waals surface area contributed by atoms with E-state index >= 15 is 0 Å². The first-order valence-electron chi connectivity index (χ1n) is 5.01. The molecule has 1 rings (SSSR count). The second kappa shape index (κ2) is 6.99. The maximum atomic E-state index is 5.70. The minimum atomic E-state index is 0.111. The average molecular weight is 273 g/mol. The molecular weight excluding hydrogens is 256 g/mol. The van der Waals surface area contributed by atoms with Crippen LogP contribution in [0.2, 0.25) is 0 Å². The van der Waals surface area contributed by atoms with Crippen molar-refractivity contribution in [2.75, 3.05) is 25.7 Å². The average Bonchev–Trinajstić information content (AvgIpc) is 2.24. The van der Waals surface area contributed by atoms with Gasteiger partial charge in [0.1, 0.15) is 0 Å². The van der Waals surface area contributed by atoms with Crippen molar-refractivity contribution in [1.82, 2.24) is 0 Å². The standard InChI is InChI=1S/C12H17BrO2/c1-10-4-3-5-11(8-10)12(9-13)15-7-6-14-2/h3-5,8,12H,6-7,9H2,1-2H3. The predicted molar refractivity (Wildman–Crippen MR) is 65.5 cm³/mol. The van der Waals surface area contributed by atoms with E-state index in [2.05, 4.69) is 47.1 Å². The largest absolute Gasteiger partial charge is 0.382 e. The van der Waals surface area contributed by atoms with Gasteiger partial charge in [-0.2, -0.15) is 0 Å². The lowest BCUT2D eigenvalue weighted by Gasteiger charge is -2.16. The van der Waals surface area contributed by atoms with Gasteiger partial charge in [-0.25, -0.2) is 0 Å². The van der Waals surface area contributed by atoms with Crippen molar-refractivity contribution in [3.8, 4) is 0 Å². The van der Waals surface area contributed by atoms with Crippen LogP contribution in [0.3, 0.4) is 0 Å². The van der Waals surface area contributed by atoms with E-state index < -0.39 is 0 Å². The number of hydrogen-bond acceptors (Lipinski definition) is 2. The molecule has 2 nitrogen and oxygen atoms in total. The summed E-state index contributed by atoms with van der Waals surface area (Å²) in [5.74, 6) is 0. The molecule has 0 heterocycles. The zero-order chi connectivity index (χ0) is 11.1. The van der Waals surface area contributed by atoms with E-state index in [1.807, 2.05) is 0 Å². The first-order chi connectivity index (χ1) is 7.27. The molecule has 15 heavy (non-hydrogen) atoms. The third-order valence-electron chi connectivity index (χ3n) is 2.16. The lowest BCUT2D eigenvalue weighted by Crippen LogP contribution is -2.10. The van der Waals surface area contributed by atoms with E-state index in [1.165, 1.54) is 11.1 Å². The summed E-state index contributed by atoms with van der Waals surface area (Å²) in [7, 11) is 1.68. The Labute approximate surface area is 99.7 Å². The van der Waals surface area contributed by atoms with Crippen LogP contribution in [-0.2, 0) is 9.47 Å². The van der Waals surface area contributed by atoms with Crippen molar-refractivity contribution >= 4 is 15.9 Å². The van der Waals surface area contributed by atoms with Gasteiger partial charge in [0.2, 0.25) is 0 Å². The van der Waals surface area contributed by atoms with Gasteiger partial charge in [0.05, 0.1) is 19.3 Å². The molecule has 0 aliphatic carbocycles. The van der Waals surface area contributed by atoms with Gasteiger partial charge in [-0.1, -0.05) is 45.8 Å². The molecule has 1 atom stereocenters. The Morgan fingerprint density at radius 2 is 2.13 bits per heavy atom. The molecule has 1 aromatic carbocycles. The molecule has 0 spiro atoms. The zero-order valence-corrected chi connectivity index (χ0v) is 10.8. The zero-order valence-electron chi connectivity index (χ0n) is 9.20. The molecule has 0 fully saturated rings. The van der Waals surface area contributed by atoms with E-state index in [0.717, 1.165) is 5.33 Å². The lowest BCUT2D eigenvalue weighted by molar-refractivity contribution is 0.0284. The van der Waals surface area contributed by atoms with Crippen molar-refractivity contribution in [2.24, 2.45) is 0 Å². The van der Waals surface area contributed by atoms with Crippen LogP contribution in [0, 0.1) is 6.92 Å². The summed E-state index contributed by atoms with van der Waals surface area (Å²) in [5.41, 5.74) is 2.47. The van der Waals surface area contributed by atoms with Crippen molar-refractivity contribution in [3.05, 3.63) is 35.4 Å². The normalized spacial score (nSPS) is 12.7. The number of halogens is 1. The summed E-state index contributed by atoms with van der Waals surface area (Å²) in [6.45, 7) is 3.35. The van der Waals surface area contributed by atoms with Gasteiger partial charge in [0.25, 0.3) is 0 Å². The molecule has 0 radical (unpaired) electrons. The second-order valence-electron chi connectivity index (χ2n) is 3.42. The molecule has 0 saturated carbocycles. The summed E-state index contributed by atoms with van der Waals surface area (Å²) in [6.07, 6.45) is 0.111. The monoisotopic (exact) mass is 272 g/mol. The van der Waals surface area contributed by atoms with Crippen molar-refractivity contribution in [1.29, 1.82) is 0 Å². The molecular formula is C12H17BrO2. The highest BCUT2D eigenvalue weighted by Gasteiger charge is 2.09. The van der Waals surface area contributed by atoms with Crippen LogP contribution in [0.5, 0.6) is 0 Å². The highest BCUT2D eigenvalue weighted by atomic mass is 79.9. The number of aryl methyl sites for hydroxylation is 1. The number of methoxy groups -OCH3 is 1. The molecule has 0 bridgehead atoms. The Morgan fingerprint density at radius 1 is 1.33 bits per heavy atom. The fraction of sp³-hybridized carbons (Fsp3) is 0.500. The molecule has 0 saturated heterocycles. The van der Waals surface area contributed by atoms with Crippen molar-refractivity contribution in [3.63, 3.8) is 0 Å². The second-order valence-corrected chi connectivity index (χ2v) is 4.07. The van der Waals surface area contributed by atoms with E-state index in [-0.39, 0.29) is 6.10 Å². The molecule has 84 valence electrons. The number of benzene rings is 1. The van der Waals surface area contributed by atoms with Gasteiger partial charge in [-0.05, 0) is 12.5 Å². The van der Waals surface area contributed by atoms with Crippen LogP contribution in [0.15, 0.2) is 24.3 Å². The summed E-state index contributed by atoms with van der Waals surface area (Å²) >= 11 is 3.46. The third kappa shape index (κ3) is 4.33. The molecule has 0 aliphatic rings. The Kier molecular flexibility index (Phi) is 5.91. The van der Waals surface area contributed by atoms with Crippen LogP contribution in [0.25, 0.3) is 0 Å². The first-order valence-corrected chi connectivity index (χ1v) is 6.13. The number of alkyl halides is 1. The molecule has 0 aromatic heterocycles. The van der Waals surface area contributed by atoms with Crippen LogP contribution in [0.1, 0.15) is 17.2 Å². The Hall–Kier alpha value is -0.380. The van der Waals surface area contributed by atoms with Gasteiger partial charge in [0, 0.05) is 12.4 Å². The molecule has 1 aromatic rings. The van der Waals surface area contributed by atoms with Gasteiger partial charge in [-0.3, -0.25) is 0 Å². The van der Waals surface area contributed by atoms with Gasteiger partial charge < -0.3 is 9.47 Å². The molecule has 0 aliphatic heterocycles.